The molecule has 5 heteroatoms. The predicted octanol–water partition coefficient (Wildman–Crippen LogP) is 13.4. The van der Waals surface area contributed by atoms with E-state index in [1.807, 2.05) is 0 Å². The number of benzene rings is 8. The molecule has 1 aliphatic heterocycles. The van der Waals surface area contributed by atoms with Gasteiger partial charge in [-0.15, -0.1) is 0 Å². The number of hydrogen-bond donors (Lipinski definition) is 0. The van der Waals surface area contributed by atoms with E-state index in [1.54, 1.807) is 0 Å². The van der Waals surface area contributed by atoms with E-state index in [0.717, 1.165) is 56.9 Å². The zero-order valence-electron chi connectivity index (χ0n) is 32.7. The number of hydrogen-bond acceptors (Lipinski definition) is 2. The minimum absolute atomic E-state index is 0.288. The molecule has 1 saturated carbocycles. The molecule has 60 heavy (non-hydrogen) atoms. The third-order valence-electron chi connectivity index (χ3n) is 12.7. The maximum atomic E-state index is 5.79. The fourth-order valence-corrected chi connectivity index (χ4v) is 10.1. The summed E-state index contributed by atoms with van der Waals surface area (Å²) in [6.45, 7) is 0. The molecule has 3 aromatic heterocycles. The minimum Gasteiger partial charge on any atom is -0.309 e. The van der Waals surface area contributed by atoms with Gasteiger partial charge in [-0.1, -0.05) is 146 Å². The van der Waals surface area contributed by atoms with Crippen molar-refractivity contribution < 1.29 is 0 Å². The van der Waals surface area contributed by atoms with Crippen molar-refractivity contribution >= 4 is 82.8 Å². The number of aliphatic imine (C=N–C) groups is 2. The molecule has 0 amide bonds. The maximum Gasteiger partial charge on any atom is 0.235 e. The van der Waals surface area contributed by atoms with Crippen molar-refractivity contribution in [3.8, 4) is 11.4 Å². The van der Waals surface area contributed by atoms with Crippen LogP contribution in [-0.2, 0) is 0 Å². The number of allylic oxidation sites excluding steroid dienone is 1. The summed E-state index contributed by atoms with van der Waals surface area (Å²) >= 11 is 0. The van der Waals surface area contributed by atoms with Gasteiger partial charge in [0.25, 0.3) is 0 Å². The zero-order chi connectivity index (χ0) is 39.3. The molecular weight excluding hydrogens is 731 g/mol. The Labute approximate surface area is 346 Å². The molecule has 8 aromatic carbocycles. The molecule has 13 rings (SSSR count). The van der Waals surface area contributed by atoms with E-state index in [0.29, 0.717) is 11.9 Å². The van der Waals surface area contributed by atoms with Gasteiger partial charge in [-0.05, 0) is 72.5 Å². The number of nitrogens with zero attached hydrogens (tertiary/aromatic N) is 5. The van der Waals surface area contributed by atoms with Gasteiger partial charge in [-0.2, -0.15) is 0 Å². The quantitative estimate of drug-likeness (QED) is 0.171. The molecule has 0 saturated heterocycles. The number of para-hydroxylation sites is 6. The van der Waals surface area contributed by atoms with Gasteiger partial charge in [0.05, 0.1) is 44.5 Å². The molecular formula is C55H37N5. The molecule has 1 fully saturated rings. The van der Waals surface area contributed by atoms with Gasteiger partial charge in [-0.3, -0.25) is 4.57 Å². The lowest BCUT2D eigenvalue weighted by Crippen LogP contribution is -2.17. The van der Waals surface area contributed by atoms with E-state index >= 15 is 0 Å². The smallest absolute Gasteiger partial charge is 0.235 e. The predicted molar refractivity (Wildman–Crippen MR) is 250 cm³/mol. The molecule has 4 heterocycles. The fourth-order valence-electron chi connectivity index (χ4n) is 10.1. The second-order valence-electron chi connectivity index (χ2n) is 16.1. The monoisotopic (exact) mass is 767 g/mol. The summed E-state index contributed by atoms with van der Waals surface area (Å²) in [6, 6.07) is 69.7. The summed E-state index contributed by atoms with van der Waals surface area (Å²) in [5.74, 6) is 1.29. The molecule has 2 atom stereocenters. The van der Waals surface area contributed by atoms with E-state index in [-0.39, 0.29) is 5.92 Å². The molecule has 11 aromatic rings. The Morgan fingerprint density at radius 3 is 1.58 bits per heavy atom. The summed E-state index contributed by atoms with van der Waals surface area (Å²) < 4.78 is 7.14. The SMILES string of the molecule is C1=C(c2cccc3c4ccccc4n(-c4ccccc4)c23)N=C(n2c3ccccc3c3c4c5ccccc5n(-c5ccccc5)c4ccc32)N=C(c2ccccc2)[C@@H]2CC12. The van der Waals surface area contributed by atoms with Crippen molar-refractivity contribution in [2.75, 3.05) is 0 Å². The van der Waals surface area contributed by atoms with Crippen LogP contribution in [0.3, 0.4) is 0 Å². The Morgan fingerprint density at radius 1 is 0.400 bits per heavy atom. The number of fused-ring (bicyclic) bond motifs is 11. The van der Waals surface area contributed by atoms with Crippen molar-refractivity contribution in [1.82, 2.24) is 13.7 Å². The molecule has 0 bridgehead atoms. The molecule has 1 unspecified atom stereocenters. The highest BCUT2D eigenvalue weighted by molar-refractivity contribution is 6.30. The van der Waals surface area contributed by atoms with Gasteiger partial charge in [0.1, 0.15) is 0 Å². The van der Waals surface area contributed by atoms with Crippen LogP contribution in [0.25, 0.3) is 82.5 Å². The van der Waals surface area contributed by atoms with Crippen molar-refractivity contribution in [3.63, 3.8) is 0 Å². The van der Waals surface area contributed by atoms with Crippen LogP contribution in [0.15, 0.2) is 210 Å². The highest BCUT2D eigenvalue weighted by Crippen LogP contribution is 2.48. The molecule has 0 spiro atoms. The Morgan fingerprint density at radius 2 is 0.917 bits per heavy atom. The highest BCUT2D eigenvalue weighted by atomic mass is 15.2. The molecule has 5 nitrogen and oxygen atoms in total. The first-order valence-corrected chi connectivity index (χ1v) is 20.8. The standard InChI is InChI=1S/C55H37N5/c1-4-17-35(18-5-1)53-44-33-36(44)34-45(41-27-16-26-40-39-23-10-13-28-46(39)59(54(40)41)38-21-8-3-9-22-38)56-55(57-53)60-48-30-15-12-25-43(48)52-50(60)32-31-49-51(52)42-24-11-14-29-47(42)58(49)37-19-6-2-7-20-37/h1-32,34,36,44H,33H2/t36?,44-/m1/s1. The van der Waals surface area contributed by atoms with Crippen LogP contribution >= 0.6 is 0 Å². The lowest BCUT2D eigenvalue weighted by molar-refractivity contribution is 1.02. The van der Waals surface area contributed by atoms with Crippen LogP contribution in [0.5, 0.6) is 0 Å². The van der Waals surface area contributed by atoms with Gasteiger partial charge in [-0.25, -0.2) is 9.98 Å². The highest BCUT2D eigenvalue weighted by Gasteiger charge is 2.42. The summed E-state index contributed by atoms with van der Waals surface area (Å²) in [7, 11) is 0. The Kier molecular flexibility index (Phi) is 7.13. The third kappa shape index (κ3) is 4.86. The summed E-state index contributed by atoms with van der Waals surface area (Å²) in [4.78, 5) is 11.5. The fraction of sp³-hybridized carbons (Fsp3) is 0.0545. The van der Waals surface area contributed by atoms with Crippen LogP contribution in [-0.4, -0.2) is 25.4 Å². The summed E-state index contributed by atoms with van der Waals surface area (Å²) in [5, 5.41) is 7.27. The lowest BCUT2D eigenvalue weighted by atomic mass is 10.0. The Bertz CT molecular complexity index is 3620. The van der Waals surface area contributed by atoms with Crippen LogP contribution in [0, 0.1) is 11.8 Å². The second kappa shape index (κ2) is 12.9. The van der Waals surface area contributed by atoms with Gasteiger partial charge in [0.2, 0.25) is 5.96 Å². The van der Waals surface area contributed by atoms with Crippen LogP contribution in [0.1, 0.15) is 17.5 Å². The minimum atomic E-state index is 0.288. The largest absolute Gasteiger partial charge is 0.309 e. The van der Waals surface area contributed by atoms with E-state index in [4.69, 9.17) is 9.98 Å². The molecule has 0 radical (unpaired) electrons. The molecule has 282 valence electrons. The van der Waals surface area contributed by atoms with Crippen LogP contribution < -0.4 is 0 Å². The zero-order valence-corrected chi connectivity index (χ0v) is 32.7. The third-order valence-corrected chi connectivity index (χ3v) is 12.7. The lowest BCUT2D eigenvalue weighted by Gasteiger charge is -2.16. The van der Waals surface area contributed by atoms with E-state index < -0.39 is 0 Å². The van der Waals surface area contributed by atoms with Crippen LogP contribution in [0.2, 0.25) is 0 Å². The normalized spacial score (nSPS) is 16.6. The molecule has 2 aliphatic rings. The topological polar surface area (TPSA) is 39.5 Å². The molecule has 0 N–H and O–H groups in total. The van der Waals surface area contributed by atoms with Crippen LogP contribution in [0.4, 0.5) is 0 Å². The first-order chi connectivity index (χ1) is 29.8. The first-order valence-electron chi connectivity index (χ1n) is 20.8. The van der Waals surface area contributed by atoms with Crippen molar-refractivity contribution in [2.45, 2.75) is 6.42 Å². The van der Waals surface area contributed by atoms with Gasteiger partial charge < -0.3 is 9.13 Å². The Balaban J connectivity index is 1.14. The number of aromatic nitrogens is 3. The van der Waals surface area contributed by atoms with E-state index in [9.17, 15) is 0 Å². The summed E-state index contributed by atoms with van der Waals surface area (Å²) in [6.07, 6.45) is 3.47. The number of rotatable bonds is 4. The van der Waals surface area contributed by atoms with Crippen molar-refractivity contribution in [3.05, 3.63) is 211 Å². The Hall–Kier alpha value is -7.76. The van der Waals surface area contributed by atoms with E-state index in [1.165, 1.54) is 48.9 Å². The van der Waals surface area contributed by atoms with Crippen molar-refractivity contribution in [2.24, 2.45) is 21.8 Å². The first kappa shape index (κ1) is 33.2. The summed E-state index contributed by atoms with van der Waals surface area (Å²) in [5.41, 5.74) is 13.4. The average Bonchev–Trinajstić information content (AvgIpc) is 3.67. The molecule has 1 aliphatic carbocycles. The average molecular weight is 768 g/mol. The van der Waals surface area contributed by atoms with Gasteiger partial charge in [0.15, 0.2) is 0 Å². The van der Waals surface area contributed by atoms with Crippen molar-refractivity contribution in [1.29, 1.82) is 0 Å². The van der Waals surface area contributed by atoms with Gasteiger partial charge >= 0.3 is 0 Å². The van der Waals surface area contributed by atoms with E-state index in [2.05, 4.69) is 214 Å². The second-order valence-corrected chi connectivity index (χ2v) is 16.1. The maximum absolute atomic E-state index is 5.79. The van der Waals surface area contributed by atoms with Gasteiger partial charge in [0, 0.05) is 55.2 Å².